The van der Waals surface area contributed by atoms with Crippen molar-refractivity contribution in [1.82, 2.24) is 14.6 Å². The number of carbonyl (C=O) groups excluding carboxylic acids is 1. The van der Waals surface area contributed by atoms with Crippen molar-refractivity contribution in [2.45, 2.75) is 17.4 Å². The summed E-state index contributed by atoms with van der Waals surface area (Å²) in [6, 6.07) is 18.4. The van der Waals surface area contributed by atoms with Gasteiger partial charge < -0.3 is 15.2 Å². The molecule has 1 saturated heterocycles. The van der Waals surface area contributed by atoms with Crippen molar-refractivity contribution < 1.29 is 9.35 Å². The summed E-state index contributed by atoms with van der Waals surface area (Å²) in [4.78, 5) is 13.5. The molecule has 0 aliphatic carbocycles. The Hall–Kier alpha value is -2.25. The number of rotatable bonds is 5. The van der Waals surface area contributed by atoms with Gasteiger partial charge in [-0.2, -0.15) is 3.97 Å². The van der Waals surface area contributed by atoms with Crippen molar-refractivity contribution >= 4 is 28.9 Å². The Labute approximate surface area is 172 Å². The highest BCUT2D eigenvalue weighted by Crippen LogP contribution is 2.31. The summed E-state index contributed by atoms with van der Waals surface area (Å²) >= 11 is 4.68. The molecule has 2 aromatic carbocycles. The van der Waals surface area contributed by atoms with Crippen molar-refractivity contribution in [3.8, 4) is 11.3 Å². The number of aromatic nitrogens is 1. The average molecular weight is 414 g/mol. The van der Waals surface area contributed by atoms with Gasteiger partial charge in [-0.15, -0.1) is 0 Å². The van der Waals surface area contributed by atoms with Crippen LogP contribution in [0.1, 0.15) is 16.8 Å². The lowest BCUT2D eigenvalue weighted by molar-refractivity contribution is 0.0941. The SMILES string of the molecule is O=C(NC1CCNC1)c1ccn([S+]([O-])c2ccccc2Cl)c1-c1ccccc1. The summed E-state index contributed by atoms with van der Waals surface area (Å²) in [6.07, 6.45) is 2.59. The van der Waals surface area contributed by atoms with E-state index in [0.717, 1.165) is 25.1 Å². The molecule has 144 valence electrons. The van der Waals surface area contributed by atoms with Crippen LogP contribution in [0.3, 0.4) is 0 Å². The molecular weight excluding hydrogens is 394 g/mol. The van der Waals surface area contributed by atoms with Gasteiger partial charge in [0.05, 0.1) is 16.8 Å². The van der Waals surface area contributed by atoms with Crippen LogP contribution in [-0.2, 0) is 11.4 Å². The first-order valence-corrected chi connectivity index (χ1v) is 10.6. The largest absolute Gasteiger partial charge is 0.587 e. The van der Waals surface area contributed by atoms with Crippen LogP contribution in [0.4, 0.5) is 0 Å². The molecule has 3 aromatic rings. The fourth-order valence-electron chi connectivity index (χ4n) is 3.35. The standard InChI is InChI=1S/C21H20ClN3O2S/c22-18-8-4-5-9-19(18)28(27)25-13-11-17(20(25)15-6-2-1-3-7-15)21(26)24-16-10-12-23-14-16/h1-9,11,13,16,23H,10,12,14H2,(H,24,26). The quantitative estimate of drug-likeness (QED) is 0.629. The maximum Gasteiger partial charge on any atom is 0.253 e. The number of hydrogen-bond donors (Lipinski definition) is 2. The second kappa shape index (κ2) is 8.41. The molecule has 1 aromatic heterocycles. The predicted octanol–water partition coefficient (Wildman–Crippen LogP) is 3.47. The summed E-state index contributed by atoms with van der Waals surface area (Å²) in [5, 5.41) is 6.74. The Morgan fingerprint density at radius 3 is 2.61 bits per heavy atom. The van der Waals surface area contributed by atoms with Gasteiger partial charge in [-0.3, -0.25) is 4.79 Å². The van der Waals surface area contributed by atoms with Gasteiger partial charge in [0.25, 0.3) is 5.91 Å². The molecule has 28 heavy (non-hydrogen) atoms. The fraction of sp³-hybridized carbons (Fsp3) is 0.190. The Kier molecular flexibility index (Phi) is 5.73. The molecular formula is C21H20ClN3O2S. The molecule has 2 N–H and O–H groups in total. The zero-order chi connectivity index (χ0) is 19.5. The Morgan fingerprint density at radius 1 is 1.14 bits per heavy atom. The molecule has 4 rings (SSSR count). The molecule has 1 amide bonds. The van der Waals surface area contributed by atoms with E-state index in [1.165, 1.54) is 0 Å². The average Bonchev–Trinajstić information content (AvgIpc) is 3.38. The first-order valence-electron chi connectivity index (χ1n) is 9.10. The van der Waals surface area contributed by atoms with Crippen LogP contribution in [0.25, 0.3) is 11.3 Å². The van der Waals surface area contributed by atoms with Crippen LogP contribution in [0.2, 0.25) is 5.02 Å². The number of amides is 1. The van der Waals surface area contributed by atoms with Gasteiger partial charge in [-0.1, -0.05) is 54.1 Å². The summed E-state index contributed by atoms with van der Waals surface area (Å²) in [6.45, 7) is 1.66. The van der Waals surface area contributed by atoms with Crippen LogP contribution >= 0.6 is 11.6 Å². The molecule has 0 spiro atoms. The number of nitrogens with one attached hydrogen (secondary N) is 2. The van der Waals surface area contributed by atoms with Crippen LogP contribution in [0.15, 0.2) is 71.8 Å². The zero-order valence-electron chi connectivity index (χ0n) is 15.1. The minimum Gasteiger partial charge on any atom is -0.587 e. The number of benzene rings is 2. The zero-order valence-corrected chi connectivity index (χ0v) is 16.7. The molecule has 7 heteroatoms. The summed E-state index contributed by atoms with van der Waals surface area (Å²) < 4.78 is 14.9. The number of carbonyl (C=O) groups is 1. The third-order valence-electron chi connectivity index (χ3n) is 4.74. The monoisotopic (exact) mass is 413 g/mol. The molecule has 2 unspecified atom stereocenters. The van der Waals surface area contributed by atoms with E-state index in [2.05, 4.69) is 10.6 Å². The third-order valence-corrected chi connectivity index (χ3v) is 6.58. The van der Waals surface area contributed by atoms with E-state index < -0.39 is 11.4 Å². The summed E-state index contributed by atoms with van der Waals surface area (Å²) in [7, 11) is 0. The van der Waals surface area contributed by atoms with Crippen LogP contribution in [0.5, 0.6) is 0 Å². The second-order valence-electron chi connectivity index (χ2n) is 6.61. The Balaban J connectivity index is 1.75. The Bertz CT molecular complexity index is 971. The maximum absolute atomic E-state index is 13.3. The summed E-state index contributed by atoms with van der Waals surface area (Å²) in [5.41, 5.74) is 1.93. The summed E-state index contributed by atoms with van der Waals surface area (Å²) in [5.74, 6) is -0.164. The number of halogens is 1. The first-order chi connectivity index (χ1) is 13.6. The minimum atomic E-state index is -1.58. The van der Waals surface area contributed by atoms with Crippen molar-refractivity contribution in [2.75, 3.05) is 13.1 Å². The first kappa shape index (κ1) is 19.1. The van der Waals surface area contributed by atoms with Gasteiger partial charge in [0.2, 0.25) is 0 Å². The van der Waals surface area contributed by atoms with Gasteiger partial charge in [0.1, 0.15) is 17.1 Å². The van der Waals surface area contributed by atoms with Crippen LogP contribution < -0.4 is 10.6 Å². The molecule has 2 atom stereocenters. The lowest BCUT2D eigenvalue weighted by atomic mass is 10.1. The Morgan fingerprint density at radius 2 is 1.89 bits per heavy atom. The van der Waals surface area contributed by atoms with Crippen LogP contribution in [0, 0.1) is 0 Å². The number of nitrogens with zero attached hydrogens (tertiary/aromatic N) is 1. The van der Waals surface area contributed by atoms with Gasteiger partial charge in [0, 0.05) is 18.2 Å². The molecule has 1 aliphatic rings. The van der Waals surface area contributed by atoms with Crippen molar-refractivity contribution in [1.29, 1.82) is 0 Å². The van der Waals surface area contributed by atoms with Crippen molar-refractivity contribution in [3.63, 3.8) is 0 Å². The van der Waals surface area contributed by atoms with Gasteiger partial charge in [-0.25, -0.2) is 0 Å². The van der Waals surface area contributed by atoms with Crippen LogP contribution in [-0.4, -0.2) is 33.6 Å². The predicted molar refractivity (Wildman–Crippen MR) is 112 cm³/mol. The molecule has 0 saturated carbocycles. The highest BCUT2D eigenvalue weighted by Gasteiger charge is 2.27. The lowest BCUT2D eigenvalue weighted by Crippen LogP contribution is -2.36. The van der Waals surface area contributed by atoms with E-state index in [4.69, 9.17) is 11.6 Å². The van der Waals surface area contributed by atoms with Crippen molar-refractivity contribution in [3.05, 3.63) is 77.4 Å². The van der Waals surface area contributed by atoms with E-state index >= 15 is 0 Å². The van der Waals surface area contributed by atoms with Crippen molar-refractivity contribution in [2.24, 2.45) is 0 Å². The van der Waals surface area contributed by atoms with E-state index in [0.29, 0.717) is 21.2 Å². The highest BCUT2D eigenvalue weighted by molar-refractivity contribution is 7.90. The molecule has 1 aliphatic heterocycles. The third kappa shape index (κ3) is 3.82. The lowest BCUT2D eigenvalue weighted by Gasteiger charge is -2.16. The maximum atomic E-state index is 13.3. The fourth-order valence-corrected chi connectivity index (χ4v) is 4.86. The van der Waals surface area contributed by atoms with E-state index in [-0.39, 0.29) is 11.9 Å². The van der Waals surface area contributed by atoms with Gasteiger partial charge in [0.15, 0.2) is 4.90 Å². The second-order valence-corrected chi connectivity index (χ2v) is 8.35. The van der Waals surface area contributed by atoms with Gasteiger partial charge in [-0.05, 0) is 31.2 Å². The molecule has 2 heterocycles. The highest BCUT2D eigenvalue weighted by atomic mass is 35.5. The topological polar surface area (TPSA) is 69.1 Å². The molecule has 1 fully saturated rings. The normalized spacial score (nSPS) is 17.4. The van der Waals surface area contributed by atoms with E-state index in [1.54, 1.807) is 40.5 Å². The van der Waals surface area contributed by atoms with E-state index in [9.17, 15) is 9.35 Å². The molecule has 5 nitrogen and oxygen atoms in total. The molecule has 0 bridgehead atoms. The number of hydrogen-bond acceptors (Lipinski definition) is 3. The van der Waals surface area contributed by atoms with E-state index in [1.807, 2.05) is 30.3 Å². The molecule has 0 radical (unpaired) electrons. The smallest absolute Gasteiger partial charge is 0.253 e. The van der Waals surface area contributed by atoms with Gasteiger partial charge >= 0.3 is 0 Å². The minimum absolute atomic E-state index is 0.105.